The Morgan fingerprint density at radius 3 is 2.86 bits per heavy atom. The highest BCUT2D eigenvalue weighted by Gasteiger charge is 2.24. The molecule has 0 aliphatic carbocycles. The molecule has 1 aliphatic rings. The number of nitrogens with zero attached hydrogens (tertiary/aromatic N) is 2. The molecule has 3 amide bonds. The molecule has 8 heteroatoms. The number of benzene rings is 1. The number of carbonyl (C=O) groups excluding carboxylic acids is 2. The van der Waals surface area contributed by atoms with Crippen molar-refractivity contribution >= 4 is 28.4 Å². The van der Waals surface area contributed by atoms with Crippen LogP contribution in [0, 0.1) is 0 Å². The SMILES string of the molecule is O=C(Nc1nc2c(s1)CN(C(=O)NCCCc1ccccc1)CC2)c1ccoc1. The molecule has 0 saturated carbocycles. The Bertz CT molecular complexity index is 969. The van der Waals surface area contributed by atoms with Gasteiger partial charge in [0.05, 0.1) is 24.1 Å². The second kappa shape index (κ2) is 8.91. The lowest BCUT2D eigenvalue weighted by Crippen LogP contribution is -2.42. The molecular formula is C21H22N4O3S. The number of furan rings is 1. The summed E-state index contributed by atoms with van der Waals surface area (Å²) in [5.74, 6) is -0.252. The van der Waals surface area contributed by atoms with E-state index in [4.69, 9.17) is 4.42 Å². The van der Waals surface area contributed by atoms with Gasteiger partial charge in [0.2, 0.25) is 0 Å². The molecule has 3 heterocycles. The minimum Gasteiger partial charge on any atom is -0.472 e. The zero-order valence-corrected chi connectivity index (χ0v) is 16.7. The fourth-order valence-electron chi connectivity index (χ4n) is 3.23. The lowest BCUT2D eigenvalue weighted by Gasteiger charge is -2.26. The zero-order valence-electron chi connectivity index (χ0n) is 15.9. The number of anilines is 1. The van der Waals surface area contributed by atoms with Gasteiger partial charge in [-0.3, -0.25) is 10.1 Å². The van der Waals surface area contributed by atoms with E-state index in [1.54, 1.807) is 11.0 Å². The van der Waals surface area contributed by atoms with E-state index in [9.17, 15) is 9.59 Å². The highest BCUT2D eigenvalue weighted by molar-refractivity contribution is 7.15. The maximum Gasteiger partial charge on any atom is 0.317 e. The minimum absolute atomic E-state index is 0.0545. The largest absolute Gasteiger partial charge is 0.472 e. The molecule has 0 unspecified atom stereocenters. The van der Waals surface area contributed by atoms with Gasteiger partial charge in [-0.15, -0.1) is 0 Å². The third kappa shape index (κ3) is 4.83. The Morgan fingerprint density at radius 2 is 2.07 bits per heavy atom. The normalized spacial score (nSPS) is 13.0. The molecule has 2 aromatic heterocycles. The highest BCUT2D eigenvalue weighted by Crippen LogP contribution is 2.28. The number of urea groups is 1. The standard InChI is InChI=1S/C21H22N4O3S/c26-19(16-9-12-28-14-16)24-20-23-17-8-11-25(13-18(17)29-20)21(27)22-10-4-7-15-5-2-1-3-6-15/h1-3,5-6,9,12,14H,4,7-8,10-11,13H2,(H,22,27)(H,23,24,26). The molecule has 0 saturated heterocycles. The Kier molecular flexibility index (Phi) is 5.90. The van der Waals surface area contributed by atoms with Crippen LogP contribution >= 0.6 is 11.3 Å². The summed E-state index contributed by atoms with van der Waals surface area (Å²) in [6.07, 6.45) is 5.38. The van der Waals surface area contributed by atoms with E-state index >= 15 is 0 Å². The number of carbonyl (C=O) groups is 2. The number of thiazole rings is 1. The maximum absolute atomic E-state index is 12.5. The van der Waals surface area contributed by atoms with Crippen molar-refractivity contribution < 1.29 is 14.0 Å². The molecule has 1 aliphatic heterocycles. The van der Waals surface area contributed by atoms with Gasteiger partial charge in [0.15, 0.2) is 5.13 Å². The van der Waals surface area contributed by atoms with Crippen LogP contribution in [0.15, 0.2) is 53.3 Å². The van der Waals surface area contributed by atoms with Gasteiger partial charge >= 0.3 is 6.03 Å². The molecule has 7 nitrogen and oxygen atoms in total. The van der Waals surface area contributed by atoms with Gasteiger partial charge in [-0.25, -0.2) is 9.78 Å². The molecular weight excluding hydrogens is 388 g/mol. The molecule has 0 atom stereocenters. The van der Waals surface area contributed by atoms with Gasteiger partial charge in [-0.2, -0.15) is 0 Å². The lowest BCUT2D eigenvalue weighted by atomic mass is 10.1. The van der Waals surface area contributed by atoms with Crippen LogP contribution in [0.2, 0.25) is 0 Å². The first-order chi connectivity index (χ1) is 14.2. The average molecular weight is 410 g/mol. The van der Waals surface area contributed by atoms with E-state index in [0.29, 0.717) is 36.8 Å². The molecule has 4 rings (SSSR count). The number of fused-ring (bicyclic) bond motifs is 1. The van der Waals surface area contributed by atoms with Gasteiger partial charge < -0.3 is 14.6 Å². The monoisotopic (exact) mass is 410 g/mol. The first-order valence-electron chi connectivity index (χ1n) is 9.58. The summed E-state index contributed by atoms with van der Waals surface area (Å²) in [7, 11) is 0. The number of aromatic nitrogens is 1. The van der Waals surface area contributed by atoms with Crippen LogP contribution in [0.1, 0.15) is 32.9 Å². The van der Waals surface area contributed by atoms with Crippen molar-refractivity contribution in [3.8, 4) is 0 Å². The van der Waals surface area contributed by atoms with E-state index < -0.39 is 0 Å². The number of aryl methyl sites for hydroxylation is 1. The van der Waals surface area contributed by atoms with Crippen LogP contribution in [0.3, 0.4) is 0 Å². The molecule has 0 spiro atoms. The first kappa shape index (κ1) is 19.2. The van der Waals surface area contributed by atoms with Crippen molar-refractivity contribution in [2.45, 2.75) is 25.8 Å². The molecule has 0 radical (unpaired) electrons. The Hall–Kier alpha value is -3.13. The van der Waals surface area contributed by atoms with Crippen LogP contribution in [-0.4, -0.2) is 34.9 Å². The molecule has 0 bridgehead atoms. The van der Waals surface area contributed by atoms with Gasteiger partial charge in [0, 0.05) is 24.4 Å². The number of nitrogens with one attached hydrogen (secondary N) is 2. The summed E-state index contributed by atoms with van der Waals surface area (Å²) in [4.78, 5) is 31.9. The zero-order chi connectivity index (χ0) is 20.1. The Balaban J connectivity index is 1.26. The van der Waals surface area contributed by atoms with Crippen LogP contribution < -0.4 is 10.6 Å². The summed E-state index contributed by atoms with van der Waals surface area (Å²) in [5, 5.41) is 6.34. The average Bonchev–Trinajstić information content (AvgIpc) is 3.40. The molecule has 1 aromatic carbocycles. The number of amides is 3. The molecule has 150 valence electrons. The summed E-state index contributed by atoms with van der Waals surface area (Å²) < 4.78 is 4.93. The minimum atomic E-state index is -0.252. The number of rotatable bonds is 6. The van der Waals surface area contributed by atoms with Crippen LogP contribution in [0.5, 0.6) is 0 Å². The maximum atomic E-state index is 12.5. The van der Waals surface area contributed by atoms with E-state index in [1.165, 1.54) is 29.4 Å². The van der Waals surface area contributed by atoms with Gasteiger partial charge in [-0.1, -0.05) is 41.7 Å². The third-order valence-corrected chi connectivity index (χ3v) is 5.78. The topological polar surface area (TPSA) is 87.5 Å². The lowest BCUT2D eigenvalue weighted by molar-refractivity contribution is 0.102. The van der Waals surface area contributed by atoms with E-state index in [-0.39, 0.29) is 11.9 Å². The van der Waals surface area contributed by atoms with Crippen LogP contribution in [0.25, 0.3) is 0 Å². The summed E-state index contributed by atoms with van der Waals surface area (Å²) >= 11 is 1.41. The van der Waals surface area contributed by atoms with E-state index in [0.717, 1.165) is 23.4 Å². The second-order valence-electron chi connectivity index (χ2n) is 6.85. The summed E-state index contributed by atoms with van der Waals surface area (Å²) in [6, 6.07) is 11.8. The number of hydrogen-bond acceptors (Lipinski definition) is 5. The van der Waals surface area contributed by atoms with Gasteiger partial charge in [0.1, 0.15) is 6.26 Å². The van der Waals surface area contributed by atoms with Crippen molar-refractivity contribution in [3.63, 3.8) is 0 Å². The summed E-state index contributed by atoms with van der Waals surface area (Å²) in [6.45, 7) is 1.78. The van der Waals surface area contributed by atoms with E-state index in [1.807, 2.05) is 18.2 Å². The molecule has 2 N–H and O–H groups in total. The van der Waals surface area contributed by atoms with E-state index in [2.05, 4.69) is 27.8 Å². The smallest absolute Gasteiger partial charge is 0.317 e. The molecule has 29 heavy (non-hydrogen) atoms. The van der Waals surface area contributed by atoms with Crippen molar-refractivity contribution in [2.75, 3.05) is 18.4 Å². The third-order valence-electron chi connectivity index (χ3n) is 4.78. The van der Waals surface area contributed by atoms with Gasteiger partial charge in [0.25, 0.3) is 5.91 Å². The predicted molar refractivity (Wildman–Crippen MR) is 111 cm³/mol. The number of hydrogen-bond donors (Lipinski definition) is 2. The Morgan fingerprint density at radius 1 is 1.21 bits per heavy atom. The molecule has 0 fully saturated rings. The van der Waals surface area contributed by atoms with Crippen molar-refractivity contribution in [3.05, 3.63) is 70.6 Å². The van der Waals surface area contributed by atoms with Crippen molar-refractivity contribution in [2.24, 2.45) is 0 Å². The van der Waals surface area contributed by atoms with Crippen LogP contribution in [-0.2, 0) is 19.4 Å². The fraction of sp³-hybridized carbons (Fsp3) is 0.286. The highest BCUT2D eigenvalue weighted by atomic mass is 32.1. The first-order valence-corrected chi connectivity index (χ1v) is 10.4. The second-order valence-corrected chi connectivity index (χ2v) is 7.93. The quantitative estimate of drug-likeness (QED) is 0.607. The van der Waals surface area contributed by atoms with Crippen LogP contribution in [0.4, 0.5) is 9.93 Å². The van der Waals surface area contributed by atoms with Gasteiger partial charge in [-0.05, 0) is 24.5 Å². The van der Waals surface area contributed by atoms with Crippen molar-refractivity contribution in [1.82, 2.24) is 15.2 Å². The predicted octanol–water partition coefficient (Wildman–Crippen LogP) is 3.69. The van der Waals surface area contributed by atoms with Crippen molar-refractivity contribution in [1.29, 1.82) is 0 Å². The fourth-order valence-corrected chi connectivity index (χ4v) is 4.25. The summed E-state index contributed by atoms with van der Waals surface area (Å²) in [5.41, 5.74) is 2.68. The Labute approximate surface area is 172 Å². The molecule has 3 aromatic rings.